The SMILES string of the molecule is C.C.C.C.CC.CC.CC.CC.CC.CC.CC.CC.CC.CC.CC.CC.CC.C[C@@H]1[C@H](C)[C@H](C)C[C@@H]1C.C[C@@H]1[C@H](C)[C@H](C)N(C)[C@@H]1C.c1ccccc1.c1ccccc1.c1ccccc1.c1ccccc1. The van der Waals surface area contributed by atoms with Gasteiger partial charge in [-0.1, -0.05) is 397 Å². The van der Waals surface area contributed by atoms with Gasteiger partial charge in [-0.15, -0.1) is 0 Å². The van der Waals surface area contributed by atoms with E-state index in [0.29, 0.717) is 0 Å². The van der Waals surface area contributed by atoms with Crippen LogP contribution in [-0.4, -0.2) is 24.0 Å². The third-order valence-corrected chi connectivity index (χ3v) is 9.67. The van der Waals surface area contributed by atoms with Crippen LogP contribution >= 0.6 is 0 Å². The van der Waals surface area contributed by atoms with Crippen LogP contribution in [0.15, 0.2) is 146 Å². The Kier molecular flexibility index (Phi) is 216. The molecule has 1 aliphatic carbocycles. The van der Waals surface area contributed by atoms with Gasteiger partial charge in [0.05, 0.1) is 0 Å². The lowest BCUT2D eigenvalue weighted by Crippen LogP contribution is -2.29. The van der Waals surface area contributed by atoms with Crippen molar-refractivity contribution in [2.75, 3.05) is 7.05 Å². The van der Waals surface area contributed by atoms with Crippen molar-refractivity contribution in [3.63, 3.8) is 0 Å². The van der Waals surface area contributed by atoms with Crippen molar-refractivity contribution in [1.82, 2.24) is 4.90 Å². The molecule has 0 unspecified atom stereocenters. The molecule has 2 aliphatic rings. The van der Waals surface area contributed by atoms with Gasteiger partial charge >= 0.3 is 0 Å². The van der Waals surface area contributed by atoms with Gasteiger partial charge in [0.1, 0.15) is 0 Å². The molecule has 0 radical (unpaired) electrons. The van der Waals surface area contributed by atoms with Crippen LogP contribution in [0.3, 0.4) is 0 Å². The molecule has 1 aliphatic heterocycles. The van der Waals surface area contributed by atoms with E-state index in [1.54, 1.807) is 0 Å². The molecule has 1 heterocycles. The second-order valence-corrected chi connectivity index (χ2v) is 12.4. The Morgan fingerprint density at radius 2 is 0.301 bits per heavy atom. The molecule has 0 aromatic heterocycles. The van der Waals surface area contributed by atoms with E-state index in [-0.39, 0.29) is 29.7 Å². The van der Waals surface area contributed by atoms with Gasteiger partial charge in [-0.2, -0.15) is 0 Å². The molecule has 1 saturated carbocycles. The Balaban J connectivity index is -0.0000000314. The van der Waals surface area contributed by atoms with Crippen LogP contribution in [0.4, 0.5) is 0 Å². The van der Waals surface area contributed by atoms with Gasteiger partial charge in [0.25, 0.3) is 0 Å². The summed E-state index contributed by atoms with van der Waals surface area (Å²) >= 11 is 0. The van der Waals surface area contributed by atoms with Crippen molar-refractivity contribution >= 4 is 0 Å². The monoisotopic (exact) mass is 1030 g/mol. The summed E-state index contributed by atoms with van der Waals surface area (Å²) < 4.78 is 0. The first-order valence-electron chi connectivity index (χ1n) is 29.4. The maximum absolute atomic E-state index is 2.48. The molecule has 1 saturated heterocycles. The van der Waals surface area contributed by atoms with Gasteiger partial charge in [-0.3, -0.25) is 0 Å². The molecule has 0 amide bonds. The van der Waals surface area contributed by atoms with Crippen molar-refractivity contribution < 1.29 is 0 Å². The second-order valence-electron chi connectivity index (χ2n) is 12.4. The summed E-state index contributed by atoms with van der Waals surface area (Å²) in [6.45, 7) is 70.9. The Hall–Kier alpha value is -3.16. The predicted octanol–water partition coefficient (Wildman–Crippen LogP) is 27.5. The zero-order chi connectivity index (χ0) is 57.9. The average Bonchev–Trinajstić information content (AvgIpc) is 3.82. The third kappa shape index (κ3) is 95.2. The highest BCUT2D eigenvalue weighted by molar-refractivity contribution is 5.01. The van der Waals surface area contributed by atoms with Crippen molar-refractivity contribution in [3.8, 4) is 0 Å². The summed E-state index contributed by atoms with van der Waals surface area (Å²) in [5.74, 6) is 5.57. The molecule has 4 aromatic carbocycles. The highest BCUT2D eigenvalue weighted by atomic mass is 15.2. The van der Waals surface area contributed by atoms with Crippen molar-refractivity contribution in [1.29, 1.82) is 0 Å². The van der Waals surface area contributed by atoms with Crippen LogP contribution < -0.4 is 0 Å². The number of benzene rings is 4. The minimum Gasteiger partial charge on any atom is -0.300 e. The number of rotatable bonds is 0. The van der Waals surface area contributed by atoms with E-state index in [2.05, 4.69) is 67.3 Å². The molecule has 1 nitrogen and oxygen atoms in total. The van der Waals surface area contributed by atoms with E-state index in [1.807, 2.05) is 326 Å². The molecule has 8 atom stereocenters. The van der Waals surface area contributed by atoms with Crippen LogP contribution in [0.5, 0.6) is 0 Å². The number of hydrogen-bond donors (Lipinski definition) is 0. The third-order valence-electron chi connectivity index (χ3n) is 9.67. The van der Waals surface area contributed by atoms with E-state index in [1.165, 1.54) is 6.42 Å². The minimum absolute atomic E-state index is 0. The zero-order valence-corrected chi connectivity index (χ0v) is 54.6. The molecule has 0 bridgehead atoms. The lowest BCUT2D eigenvalue weighted by Gasteiger charge is -2.20. The van der Waals surface area contributed by atoms with Gasteiger partial charge in [0.2, 0.25) is 0 Å². The second kappa shape index (κ2) is 133. The minimum atomic E-state index is 0. The van der Waals surface area contributed by atoms with Gasteiger partial charge in [-0.25, -0.2) is 0 Å². The maximum Gasteiger partial charge on any atom is 0.00955 e. The Bertz CT molecular complexity index is 796. The van der Waals surface area contributed by atoms with E-state index < -0.39 is 0 Å². The Morgan fingerprint density at radius 1 is 0.205 bits per heavy atom. The number of nitrogens with zero attached hydrogens (tertiary/aromatic N) is 1. The molecule has 6 rings (SSSR count). The molecule has 2 fully saturated rings. The van der Waals surface area contributed by atoms with Crippen LogP contribution in [0.25, 0.3) is 0 Å². The summed E-state index contributed by atoms with van der Waals surface area (Å²) in [5, 5.41) is 0. The van der Waals surface area contributed by atoms with Crippen molar-refractivity contribution in [3.05, 3.63) is 146 Å². The van der Waals surface area contributed by atoms with Gasteiger partial charge in [0.15, 0.2) is 0 Å². The highest BCUT2D eigenvalue weighted by Gasteiger charge is 2.36. The summed E-state index contributed by atoms with van der Waals surface area (Å²) in [6.07, 6.45) is 1.45. The van der Waals surface area contributed by atoms with E-state index >= 15 is 0 Å². The van der Waals surface area contributed by atoms with Gasteiger partial charge in [0, 0.05) is 12.1 Å². The Morgan fingerprint density at radius 3 is 0.342 bits per heavy atom. The smallest absolute Gasteiger partial charge is 0.00955 e. The fraction of sp³-hybridized carbons (Fsp3) is 0.667. The maximum atomic E-state index is 2.48. The highest BCUT2D eigenvalue weighted by Crippen LogP contribution is 2.40. The zero-order valence-electron chi connectivity index (χ0n) is 54.6. The van der Waals surface area contributed by atoms with Crippen LogP contribution in [0.1, 0.15) is 272 Å². The summed E-state index contributed by atoms with van der Waals surface area (Å²) in [7, 11) is 2.23. The predicted molar refractivity (Wildman–Crippen MR) is 367 cm³/mol. The first kappa shape index (κ1) is 119. The van der Waals surface area contributed by atoms with E-state index in [9.17, 15) is 0 Å². The van der Waals surface area contributed by atoms with Gasteiger partial charge in [-0.05, 0) is 62.8 Å². The normalized spacial score (nSPS) is 17.0. The molecule has 0 N–H and O–H groups in total. The fourth-order valence-electron chi connectivity index (χ4n) is 5.58. The molecular formula is C72H155N. The summed E-state index contributed by atoms with van der Waals surface area (Å²) in [5.41, 5.74) is 0. The average molecular weight is 1040 g/mol. The number of hydrogen-bond acceptors (Lipinski definition) is 1. The topological polar surface area (TPSA) is 3.24 Å². The van der Waals surface area contributed by atoms with E-state index in [0.717, 1.165) is 47.6 Å². The summed E-state index contributed by atoms with van der Waals surface area (Å²) in [6, 6.07) is 49.5. The molecule has 1 heteroatoms. The van der Waals surface area contributed by atoms with Crippen molar-refractivity contribution in [2.45, 2.75) is 284 Å². The fourth-order valence-corrected chi connectivity index (χ4v) is 5.58. The Labute approximate surface area is 474 Å². The number of likely N-dealkylation sites (tertiary alicyclic amines) is 1. The lowest BCUT2D eigenvalue weighted by atomic mass is 9.92. The first-order chi connectivity index (χ1) is 33.7. The quantitative estimate of drug-likeness (QED) is 0.170. The van der Waals surface area contributed by atoms with Crippen molar-refractivity contribution in [2.24, 2.45) is 35.5 Å². The largest absolute Gasteiger partial charge is 0.300 e. The van der Waals surface area contributed by atoms with Crippen LogP contribution in [-0.2, 0) is 0 Å². The van der Waals surface area contributed by atoms with E-state index in [4.69, 9.17) is 0 Å². The molecule has 4 aromatic rings. The first-order valence-corrected chi connectivity index (χ1v) is 29.4. The summed E-state index contributed by atoms with van der Waals surface area (Å²) in [4.78, 5) is 2.48. The molecular weight excluding hydrogens is 879 g/mol. The van der Waals surface area contributed by atoms with Crippen LogP contribution in [0.2, 0.25) is 0 Å². The lowest BCUT2D eigenvalue weighted by molar-refractivity contribution is 0.248. The molecule has 448 valence electrons. The standard InChI is InChI=1S/C9H19N.C9H18.4C6H6.13C2H6.4CH4/c1-6-7(2)9(4)10(5)8(6)3;1-6-5-7(2)9(4)8(6)3;4*1-2-4-6-5-3-1;13*1-2;;;;/h6-9H,1-5H3;6-9H,5H2,1-4H3;4*1-6H;13*1-2H3;4*1H4/t2*6-,7+,8-,9+;;;;;;;;;;;;;;;;;;;;;. The molecule has 0 spiro atoms. The molecule has 73 heavy (non-hydrogen) atoms. The van der Waals surface area contributed by atoms with Gasteiger partial charge < -0.3 is 4.90 Å². The van der Waals surface area contributed by atoms with Crippen LogP contribution in [0, 0.1) is 35.5 Å².